The quantitative estimate of drug-likeness (QED) is 0.413. The van der Waals surface area contributed by atoms with Gasteiger partial charge in [-0.2, -0.15) is 0 Å². The minimum absolute atomic E-state index is 0.913. The molecule has 1 heterocycles. The monoisotopic (exact) mass is 416 g/mol. The van der Waals surface area contributed by atoms with E-state index >= 15 is 0 Å². The summed E-state index contributed by atoms with van der Waals surface area (Å²) in [7, 11) is 0. The lowest BCUT2D eigenvalue weighted by Gasteiger charge is -2.14. The van der Waals surface area contributed by atoms with E-state index < -0.39 is 0 Å². The predicted octanol–water partition coefficient (Wildman–Crippen LogP) is 10.2. The number of allylic oxidation sites excluding steroid dienone is 3. The average Bonchev–Trinajstić information content (AvgIpc) is 2.77. The summed E-state index contributed by atoms with van der Waals surface area (Å²) in [6, 6.07) is 0. The average molecular weight is 417 g/mol. The molecule has 1 aliphatic heterocycles. The van der Waals surface area contributed by atoms with Gasteiger partial charge in [0.1, 0.15) is 0 Å². The van der Waals surface area contributed by atoms with Gasteiger partial charge >= 0.3 is 0 Å². The maximum Gasteiger partial charge on any atom is 0.0873 e. The highest BCUT2D eigenvalue weighted by Crippen LogP contribution is 2.26. The molecule has 0 bridgehead atoms. The van der Waals surface area contributed by atoms with Gasteiger partial charge in [0.05, 0.1) is 12.9 Å². The van der Waals surface area contributed by atoms with Crippen LogP contribution >= 0.6 is 0 Å². The van der Waals surface area contributed by atoms with Gasteiger partial charge in [0.25, 0.3) is 0 Å². The van der Waals surface area contributed by atoms with E-state index in [1.165, 1.54) is 160 Å². The van der Waals surface area contributed by atoms with E-state index in [1.54, 1.807) is 5.57 Å². The summed E-state index contributed by atoms with van der Waals surface area (Å²) in [5.74, 6) is 0. The van der Waals surface area contributed by atoms with E-state index in [9.17, 15) is 0 Å². The third-order valence-corrected chi connectivity index (χ3v) is 7.14. The highest BCUT2D eigenvalue weighted by molar-refractivity contribution is 5.29. The Labute approximate surface area is 189 Å². The van der Waals surface area contributed by atoms with Gasteiger partial charge in [-0.05, 0) is 56.1 Å². The van der Waals surface area contributed by atoms with Crippen molar-refractivity contribution in [2.75, 3.05) is 6.61 Å². The number of hydrogen-bond donors (Lipinski definition) is 0. The summed E-state index contributed by atoms with van der Waals surface area (Å²) in [4.78, 5) is 0. The van der Waals surface area contributed by atoms with Gasteiger partial charge in [0, 0.05) is 0 Å². The summed E-state index contributed by atoms with van der Waals surface area (Å²) in [6.07, 6.45) is 38.2. The van der Waals surface area contributed by atoms with Gasteiger partial charge < -0.3 is 4.74 Å². The van der Waals surface area contributed by atoms with Crippen LogP contribution in [0, 0.1) is 0 Å². The molecule has 0 spiro atoms. The molecule has 1 heteroatoms. The molecule has 0 radical (unpaired) electrons. The van der Waals surface area contributed by atoms with E-state index in [-0.39, 0.29) is 0 Å². The van der Waals surface area contributed by atoms with Crippen LogP contribution in [0.4, 0.5) is 0 Å². The number of hydrogen-bond acceptors (Lipinski definition) is 1. The topological polar surface area (TPSA) is 9.23 Å². The summed E-state index contributed by atoms with van der Waals surface area (Å²) in [6.45, 7) is 0.913. The van der Waals surface area contributed by atoms with E-state index in [2.05, 4.69) is 12.3 Å². The van der Waals surface area contributed by atoms with Gasteiger partial charge in [-0.25, -0.2) is 0 Å². The van der Waals surface area contributed by atoms with E-state index in [0.717, 1.165) is 6.61 Å². The van der Waals surface area contributed by atoms with Crippen molar-refractivity contribution in [1.82, 2.24) is 0 Å². The van der Waals surface area contributed by atoms with Crippen LogP contribution in [0.25, 0.3) is 0 Å². The lowest BCUT2D eigenvalue weighted by atomic mass is 9.94. The molecule has 0 aromatic heterocycles. The van der Waals surface area contributed by atoms with E-state index in [1.807, 2.05) is 0 Å². The molecule has 30 heavy (non-hydrogen) atoms. The summed E-state index contributed by atoms with van der Waals surface area (Å²) in [5, 5.41) is 0. The fraction of sp³-hybridized carbons (Fsp3) is 0.862. The largest absolute Gasteiger partial charge is 0.501 e. The first kappa shape index (κ1) is 25.5. The highest BCUT2D eigenvalue weighted by Gasteiger charge is 2.08. The maximum absolute atomic E-state index is 6.10. The molecular weight excluding hydrogens is 364 g/mol. The lowest BCUT2D eigenvalue weighted by Crippen LogP contribution is -1.97. The third kappa shape index (κ3) is 13.6. The van der Waals surface area contributed by atoms with Crippen molar-refractivity contribution in [1.29, 1.82) is 0 Å². The second kappa shape index (κ2) is 19.0. The summed E-state index contributed by atoms with van der Waals surface area (Å²) < 4.78 is 6.10. The van der Waals surface area contributed by atoms with Crippen LogP contribution in [0.2, 0.25) is 0 Å². The second-order valence-corrected chi connectivity index (χ2v) is 9.96. The molecule has 2 aliphatic rings. The Kier molecular flexibility index (Phi) is 16.2. The van der Waals surface area contributed by atoms with Crippen molar-refractivity contribution in [2.45, 2.75) is 154 Å². The maximum atomic E-state index is 6.10. The number of rotatable bonds is 1. The Balaban J connectivity index is 1.93. The molecule has 0 aromatic rings. The molecule has 2 rings (SSSR count). The predicted molar refractivity (Wildman–Crippen MR) is 133 cm³/mol. The Bertz CT molecular complexity index is 405. The zero-order chi connectivity index (χ0) is 21.0. The minimum atomic E-state index is 0.913. The van der Waals surface area contributed by atoms with Crippen LogP contribution in [0.3, 0.4) is 0 Å². The van der Waals surface area contributed by atoms with Gasteiger partial charge in [-0.1, -0.05) is 115 Å². The van der Waals surface area contributed by atoms with Gasteiger partial charge in [-0.3, -0.25) is 0 Å². The first-order valence-electron chi connectivity index (χ1n) is 14.0. The van der Waals surface area contributed by atoms with Crippen molar-refractivity contribution in [3.05, 3.63) is 23.5 Å². The third-order valence-electron chi connectivity index (χ3n) is 7.14. The highest BCUT2D eigenvalue weighted by atomic mass is 16.5. The molecule has 174 valence electrons. The summed E-state index contributed by atoms with van der Waals surface area (Å²) >= 11 is 0. The van der Waals surface area contributed by atoms with Gasteiger partial charge in [0.15, 0.2) is 0 Å². The van der Waals surface area contributed by atoms with Crippen molar-refractivity contribution < 1.29 is 4.74 Å². The minimum Gasteiger partial charge on any atom is -0.501 e. The molecule has 0 aromatic carbocycles. The molecule has 0 amide bonds. The van der Waals surface area contributed by atoms with E-state index in [0.29, 0.717) is 0 Å². The van der Waals surface area contributed by atoms with Crippen LogP contribution in [0.1, 0.15) is 154 Å². The second-order valence-electron chi connectivity index (χ2n) is 9.96. The molecule has 0 saturated heterocycles. The van der Waals surface area contributed by atoms with Crippen LogP contribution in [-0.4, -0.2) is 6.61 Å². The van der Waals surface area contributed by atoms with Crippen molar-refractivity contribution in [2.24, 2.45) is 0 Å². The molecule has 0 N–H and O–H groups in total. The van der Waals surface area contributed by atoms with Crippen LogP contribution in [0.15, 0.2) is 23.5 Å². The summed E-state index contributed by atoms with van der Waals surface area (Å²) in [5.41, 5.74) is 3.17. The normalized spacial score (nSPS) is 24.0. The fourth-order valence-electron chi connectivity index (χ4n) is 5.09. The van der Waals surface area contributed by atoms with Crippen LogP contribution < -0.4 is 0 Å². The standard InChI is InChI=1S/C29H52O/c1-2-4-8-12-16-20-24-28(23-19-15-11-7-3-1)29-25-21-17-13-9-5-6-10-14-18-22-26-30-27-29/h23,27H,1-22,24-26H2. The Morgan fingerprint density at radius 2 is 0.800 bits per heavy atom. The zero-order valence-corrected chi connectivity index (χ0v) is 20.2. The lowest BCUT2D eigenvalue weighted by molar-refractivity contribution is 0.237. The van der Waals surface area contributed by atoms with Crippen LogP contribution in [-0.2, 0) is 4.74 Å². The smallest absolute Gasteiger partial charge is 0.0873 e. The molecule has 0 unspecified atom stereocenters. The number of ether oxygens (including phenoxy) is 1. The molecule has 1 nitrogen and oxygen atoms in total. The zero-order valence-electron chi connectivity index (χ0n) is 20.2. The van der Waals surface area contributed by atoms with E-state index in [4.69, 9.17) is 4.74 Å². The molecule has 0 fully saturated rings. The van der Waals surface area contributed by atoms with Gasteiger partial charge in [0.2, 0.25) is 0 Å². The Morgan fingerprint density at radius 3 is 1.33 bits per heavy atom. The van der Waals surface area contributed by atoms with Crippen molar-refractivity contribution in [3.8, 4) is 0 Å². The molecule has 1 aliphatic carbocycles. The molecule has 0 saturated carbocycles. The molecular formula is C29H52O. The SMILES string of the molecule is C1=C(C2=COCCCCCCCCCCCC2)CCCCCCCCCCCCC1. The fourth-order valence-corrected chi connectivity index (χ4v) is 5.09. The van der Waals surface area contributed by atoms with Crippen molar-refractivity contribution >= 4 is 0 Å². The Hall–Kier alpha value is -0.720. The first-order valence-corrected chi connectivity index (χ1v) is 14.0. The first-order chi connectivity index (χ1) is 15.0. The van der Waals surface area contributed by atoms with Crippen LogP contribution in [0.5, 0.6) is 0 Å². The van der Waals surface area contributed by atoms with Gasteiger partial charge in [-0.15, -0.1) is 0 Å². The Morgan fingerprint density at radius 1 is 0.400 bits per heavy atom. The van der Waals surface area contributed by atoms with Crippen molar-refractivity contribution in [3.63, 3.8) is 0 Å². The molecule has 0 atom stereocenters.